The minimum absolute atomic E-state index is 0.124. The van der Waals surface area contributed by atoms with Crippen molar-refractivity contribution in [1.29, 1.82) is 0 Å². The molecule has 3 rings (SSSR count). The highest BCUT2D eigenvalue weighted by atomic mass is 16.5. The molecular weight excluding hydrogens is 400 g/mol. The van der Waals surface area contributed by atoms with Gasteiger partial charge in [0.15, 0.2) is 0 Å². The predicted molar refractivity (Wildman–Crippen MR) is 116 cm³/mol. The number of aromatic nitrogens is 1. The Morgan fingerprint density at radius 1 is 1.03 bits per heavy atom. The number of aromatic amines is 1. The molecular formula is C23H26N2O6. The fourth-order valence-electron chi connectivity index (χ4n) is 3.07. The second-order valence-electron chi connectivity index (χ2n) is 7.46. The monoisotopic (exact) mass is 426 g/mol. The molecule has 5 N–H and O–H groups in total. The third-order valence-electron chi connectivity index (χ3n) is 5.00. The van der Waals surface area contributed by atoms with Gasteiger partial charge in [0.25, 0.3) is 0 Å². The maximum atomic E-state index is 11.0. The van der Waals surface area contributed by atoms with Gasteiger partial charge in [-0.25, -0.2) is 0 Å². The molecule has 1 heterocycles. The molecule has 2 aromatic carbocycles. The van der Waals surface area contributed by atoms with E-state index in [0.29, 0.717) is 24.5 Å². The Labute approximate surface area is 179 Å². The lowest BCUT2D eigenvalue weighted by Crippen LogP contribution is -2.32. The first-order valence-electron chi connectivity index (χ1n) is 9.99. The smallest absolute Gasteiger partial charge is 0.320 e. The summed E-state index contributed by atoms with van der Waals surface area (Å²) < 4.78 is 11.4. The van der Waals surface area contributed by atoms with Gasteiger partial charge in [0, 0.05) is 29.9 Å². The van der Waals surface area contributed by atoms with Gasteiger partial charge in [0.05, 0.1) is 12.5 Å². The fourth-order valence-corrected chi connectivity index (χ4v) is 3.07. The van der Waals surface area contributed by atoms with E-state index in [4.69, 9.17) is 25.4 Å². The van der Waals surface area contributed by atoms with Crippen LogP contribution in [0.4, 0.5) is 0 Å². The first-order chi connectivity index (χ1) is 14.8. The lowest BCUT2D eigenvalue weighted by atomic mass is 10.1. The quantitative estimate of drug-likeness (QED) is 0.370. The molecule has 0 spiro atoms. The number of nitrogens with one attached hydrogen (secondary N) is 1. The van der Waals surface area contributed by atoms with Gasteiger partial charge in [-0.05, 0) is 48.4 Å². The van der Waals surface area contributed by atoms with Crippen molar-refractivity contribution < 1.29 is 29.3 Å². The van der Waals surface area contributed by atoms with Crippen LogP contribution < -0.4 is 15.2 Å². The summed E-state index contributed by atoms with van der Waals surface area (Å²) in [5.41, 5.74) is 8.46. The Balaban J connectivity index is 1.54. The average molecular weight is 426 g/mol. The van der Waals surface area contributed by atoms with Crippen molar-refractivity contribution in [3.63, 3.8) is 0 Å². The number of aliphatic carboxylic acids is 2. The van der Waals surface area contributed by atoms with Gasteiger partial charge in [-0.2, -0.15) is 0 Å². The molecule has 0 radical (unpaired) electrons. The second-order valence-corrected chi connectivity index (χ2v) is 7.46. The van der Waals surface area contributed by atoms with E-state index in [-0.39, 0.29) is 13.0 Å². The van der Waals surface area contributed by atoms with Crippen molar-refractivity contribution in [1.82, 2.24) is 4.98 Å². The molecule has 0 bridgehead atoms. The molecule has 0 amide bonds. The summed E-state index contributed by atoms with van der Waals surface area (Å²) in [6, 6.07) is 12.2. The number of rotatable bonds is 11. The first kappa shape index (κ1) is 22.2. The highest BCUT2D eigenvalue weighted by molar-refractivity contribution is 5.85. The SMILES string of the molecule is CC(COc1ccc(CCOc2ccc3[nH]cc(CC(N)C(=O)O)c3c2)cc1)C(=O)O. The van der Waals surface area contributed by atoms with Crippen molar-refractivity contribution >= 4 is 22.8 Å². The molecule has 8 nitrogen and oxygen atoms in total. The summed E-state index contributed by atoms with van der Waals surface area (Å²) in [4.78, 5) is 25.0. The minimum atomic E-state index is -1.03. The largest absolute Gasteiger partial charge is 0.493 e. The number of carbonyl (C=O) groups is 2. The zero-order valence-corrected chi connectivity index (χ0v) is 17.2. The first-order valence-corrected chi connectivity index (χ1v) is 9.99. The molecule has 0 saturated heterocycles. The molecule has 8 heteroatoms. The number of hydrogen-bond donors (Lipinski definition) is 4. The van der Waals surface area contributed by atoms with E-state index >= 15 is 0 Å². The zero-order valence-electron chi connectivity index (χ0n) is 17.2. The van der Waals surface area contributed by atoms with E-state index in [9.17, 15) is 9.59 Å². The van der Waals surface area contributed by atoms with Crippen molar-refractivity contribution in [2.24, 2.45) is 11.7 Å². The number of ether oxygens (including phenoxy) is 2. The lowest BCUT2D eigenvalue weighted by Gasteiger charge is -2.10. The summed E-state index contributed by atoms with van der Waals surface area (Å²) >= 11 is 0. The number of H-pyrrole nitrogens is 1. The van der Waals surface area contributed by atoms with Crippen LogP contribution in [0.15, 0.2) is 48.7 Å². The Morgan fingerprint density at radius 3 is 2.42 bits per heavy atom. The number of hydrogen-bond acceptors (Lipinski definition) is 5. The van der Waals surface area contributed by atoms with Crippen molar-refractivity contribution in [2.45, 2.75) is 25.8 Å². The van der Waals surface area contributed by atoms with Crippen molar-refractivity contribution in [2.75, 3.05) is 13.2 Å². The van der Waals surface area contributed by atoms with Crippen LogP contribution in [0.2, 0.25) is 0 Å². The fraction of sp³-hybridized carbons (Fsp3) is 0.304. The number of carboxylic acids is 2. The average Bonchev–Trinajstić information content (AvgIpc) is 3.14. The topological polar surface area (TPSA) is 135 Å². The van der Waals surface area contributed by atoms with Gasteiger partial charge in [0.2, 0.25) is 0 Å². The van der Waals surface area contributed by atoms with Crippen LogP contribution in [-0.4, -0.2) is 46.4 Å². The van der Waals surface area contributed by atoms with Gasteiger partial charge < -0.3 is 30.4 Å². The maximum Gasteiger partial charge on any atom is 0.320 e. The highest BCUT2D eigenvalue weighted by Gasteiger charge is 2.15. The summed E-state index contributed by atoms with van der Waals surface area (Å²) in [6.45, 7) is 2.19. The van der Waals surface area contributed by atoms with Crippen LogP contribution >= 0.6 is 0 Å². The highest BCUT2D eigenvalue weighted by Crippen LogP contribution is 2.25. The van der Waals surface area contributed by atoms with E-state index in [1.54, 1.807) is 13.1 Å². The van der Waals surface area contributed by atoms with Crippen LogP contribution in [0.1, 0.15) is 18.1 Å². The Morgan fingerprint density at radius 2 is 1.74 bits per heavy atom. The molecule has 2 unspecified atom stereocenters. The number of carboxylic acid groups (broad SMARTS) is 2. The summed E-state index contributed by atoms with van der Waals surface area (Å²) in [5, 5.41) is 18.8. The van der Waals surface area contributed by atoms with E-state index < -0.39 is 23.9 Å². The van der Waals surface area contributed by atoms with Gasteiger partial charge >= 0.3 is 11.9 Å². The van der Waals surface area contributed by atoms with Gasteiger partial charge in [-0.1, -0.05) is 12.1 Å². The number of benzene rings is 2. The molecule has 0 saturated carbocycles. The summed E-state index contributed by atoms with van der Waals surface area (Å²) in [7, 11) is 0. The number of nitrogens with two attached hydrogens (primary N) is 1. The Hall–Kier alpha value is -3.52. The minimum Gasteiger partial charge on any atom is -0.493 e. The third kappa shape index (κ3) is 5.99. The molecule has 0 aliphatic heterocycles. The Bertz CT molecular complexity index is 1040. The third-order valence-corrected chi connectivity index (χ3v) is 5.00. The van der Waals surface area contributed by atoms with Gasteiger partial charge in [-0.15, -0.1) is 0 Å². The van der Waals surface area contributed by atoms with Crippen LogP contribution in [0.5, 0.6) is 11.5 Å². The van der Waals surface area contributed by atoms with Gasteiger partial charge in [-0.3, -0.25) is 9.59 Å². The van der Waals surface area contributed by atoms with E-state index in [2.05, 4.69) is 4.98 Å². The molecule has 0 aliphatic rings. The second kappa shape index (κ2) is 9.99. The molecule has 164 valence electrons. The predicted octanol–water partition coefficient (Wildman–Crippen LogP) is 2.84. The molecule has 31 heavy (non-hydrogen) atoms. The normalized spacial score (nSPS) is 13.0. The van der Waals surface area contributed by atoms with Gasteiger partial charge in [0.1, 0.15) is 24.1 Å². The lowest BCUT2D eigenvalue weighted by molar-refractivity contribution is -0.142. The van der Waals surface area contributed by atoms with E-state index in [0.717, 1.165) is 22.0 Å². The van der Waals surface area contributed by atoms with Crippen LogP contribution in [0, 0.1) is 5.92 Å². The zero-order chi connectivity index (χ0) is 22.4. The van der Waals surface area contributed by atoms with E-state index in [1.165, 1.54) is 0 Å². The van der Waals surface area contributed by atoms with E-state index in [1.807, 2.05) is 42.5 Å². The molecule has 2 atom stereocenters. The maximum absolute atomic E-state index is 11.0. The summed E-state index contributed by atoms with van der Waals surface area (Å²) in [6.07, 6.45) is 2.70. The molecule has 1 aromatic heterocycles. The molecule has 0 fully saturated rings. The van der Waals surface area contributed by atoms with Crippen molar-refractivity contribution in [3.8, 4) is 11.5 Å². The molecule has 0 aliphatic carbocycles. The van der Waals surface area contributed by atoms with Crippen LogP contribution in [0.3, 0.4) is 0 Å². The summed E-state index contributed by atoms with van der Waals surface area (Å²) in [5.74, 6) is -1.16. The van der Waals surface area contributed by atoms with Crippen LogP contribution in [-0.2, 0) is 22.4 Å². The van der Waals surface area contributed by atoms with Crippen LogP contribution in [0.25, 0.3) is 10.9 Å². The molecule has 3 aromatic rings. The van der Waals surface area contributed by atoms with Crippen molar-refractivity contribution in [3.05, 3.63) is 59.8 Å². The number of fused-ring (bicyclic) bond motifs is 1. The standard InChI is InChI=1S/C23H26N2O6/c1-14(22(26)27)13-31-17-4-2-15(3-5-17)8-9-30-18-6-7-21-19(11-18)16(12-25-21)10-20(24)23(28)29/h2-7,11-12,14,20,25H,8-10,13,24H2,1H3,(H,26,27)(H,28,29). The Kier molecular flexibility index (Phi) is 7.15.